The van der Waals surface area contributed by atoms with Gasteiger partial charge in [-0.25, -0.2) is 0 Å². The summed E-state index contributed by atoms with van der Waals surface area (Å²) in [5, 5.41) is 12.0. The lowest BCUT2D eigenvalue weighted by Crippen LogP contribution is -2.33. The van der Waals surface area contributed by atoms with Crippen molar-refractivity contribution in [2.45, 2.75) is 32.1 Å². The van der Waals surface area contributed by atoms with Crippen molar-refractivity contribution >= 4 is 22.4 Å². The smallest absolute Gasteiger partial charge is 0.220 e. The van der Waals surface area contributed by atoms with Crippen LogP contribution in [0.15, 0.2) is 0 Å². The van der Waals surface area contributed by atoms with Gasteiger partial charge in [0.1, 0.15) is 5.01 Å². The standard InChI is InChI=1S/C13H23N5OS/c1-18-8-2-3-10(9-18)4-5-11(19)15-7-6-12-16-17-13(14)20-12/h10H,2-9H2,1H3,(H2,14,17)(H,15,19)/t10-/m1/s1. The van der Waals surface area contributed by atoms with Gasteiger partial charge in [-0.2, -0.15) is 0 Å². The number of hydrogen-bond donors (Lipinski definition) is 2. The van der Waals surface area contributed by atoms with Gasteiger partial charge in [-0.3, -0.25) is 4.79 Å². The van der Waals surface area contributed by atoms with Gasteiger partial charge < -0.3 is 16.0 Å². The van der Waals surface area contributed by atoms with E-state index in [1.165, 1.54) is 30.7 Å². The molecule has 3 N–H and O–H groups in total. The highest BCUT2D eigenvalue weighted by Crippen LogP contribution is 2.19. The molecule has 1 atom stereocenters. The largest absolute Gasteiger partial charge is 0.374 e. The third-order valence-electron chi connectivity index (χ3n) is 3.65. The fourth-order valence-corrected chi connectivity index (χ4v) is 3.22. The Morgan fingerprint density at radius 2 is 2.40 bits per heavy atom. The van der Waals surface area contributed by atoms with Crippen molar-refractivity contribution in [3.05, 3.63) is 5.01 Å². The van der Waals surface area contributed by atoms with E-state index in [-0.39, 0.29) is 5.91 Å². The van der Waals surface area contributed by atoms with E-state index in [1.54, 1.807) is 0 Å². The predicted molar refractivity (Wildman–Crippen MR) is 80.5 cm³/mol. The number of nitrogens with one attached hydrogen (secondary N) is 1. The number of nitrogens with zero attached hydrogens (tertiary/aromatic N) is 3. The number of nitrogens with two attached hydrogens (primary N) is 1. The first kappa shape index (κ1) is 15.2. The fourth-order valence-electron chi connectivity index (χ4n) is 2.61. The maximum Gasteiger partial charge on any atom is 0.220 e. The number of nitrogen functional groups attached to an aromatic ring is 1. The molecule has 1 aliphatic rings. The molecule has 112 valence electrons. The summed E-state index contributed by atoms with van der Waals surface area (Å²) in [6.45, 7) is 2.92. The SMILES string of the molecule is CN1CCC[C@H](CCC(=O)NCCc2nnc(N)s2)C1. The van der Waals surface area contributed by atoms with Crippen molar-refractivity contribution in [2.75, 3.05) is 32.4 Å². The maximum absolute atomic E-state index is 11.8. The van der Waals surface area contributed by atoms with Crippen LogP contribution in [0.4, 0.5) is 5.13 Å². The Morgan fingerprint density at radius 1 is 1.55 bits per heavy atom. The number of carbonyl (C=O) groups is 1. The van der Waals surface area contributed by atoms with Gasteiger partial charge in [-0.1, -0.05) is 11.3 Å². The van der Waals surface area contributed by atoms with Gasteiger partial charge in [0.05, 0.1) is 0 Å². The summed E-state index contributed by atoms with van der Waals surface area (Å²) >= 11 is 1.37. The minimum atomic E-state index is 0.135. The Labute approximate surface area is 123 Å². The molecule has 20 heavy (non-hydrogen) atoms. The molecule has 1 saturated heterocycles. The molecule has 1 fully saturated rings. The molecule has 1 aliphatic heterocycles. The monoisotopic (exact) mass is 297 g/mol. The average Bonchev–Trinajstić information content (AvgIpc) is 2.82. The van der Waals surface area contributed by atoms with Crippen LogP contribution in [0.3, 0.4) is 0 Å². The van der Waals surface area contributed by atoms with Crippen LogP contribution in [0.2, 0.25) is 0 Å². The zero-order valence-corrected chi connectivity index (χ0v) is 12.8. The van der Waals surface area contributed by atoms with E-state index in [0.717, 1.165) is 18.0 Å². The number of anilines is 1. The second-order valence-electron chi connectivity index (χ2n) is 5.44. The van der Waals surface area contributed by atoms with Gasteiger partial charge in [0.15, 0.2) is 0 Å². The lowest BCUT2D eigenvalue weighted by Gasteiger charge is -2.29. The summed E-state index contributed by atoms with van der Waals surface area (Å²) in [5.74, 6) is 0.804. The minimum absolute atomic E-state index is 0.135. The highest BCUT2D eigenvalue weighted by Gasteiger charge is 2.17. The van der Waals surface area contributed by atoms with Crippen LogP contribution >= 0.6 is 11.3 Å². The molecule has 0 aliphatic carbocycles. The van der Waals surface area contributed by atoms with Crippen molar-refractivity contribution in [3.8, 4) is 0 Å². The van der Waals surface area contributed by atoms with Crippen LogP contribution in [-0.2, 0) is 11.2 Å². The van der Waals surface area contributed by atoms with E-state index in [9.17, 15) is 4.79 Å². The second-order valence-corrected chi connectivity index (χ2v) is 6.54. The van der Waals surface area contributed by atoms with Crippen molar-refractivity contribution < 1.29 is 4.79 Å². The summed E-state index contributed by atoms with van der Waals surface area (Å²) in [6.07, 6.45) is 4.81. The first-order chi connectivity index (χ1) is 9.63. The van der Waals surface area contributed by atoms with E-state index in [1.807, 2.05) is 0 Å². The van der Waals surface area contributed by atoms with Gasteiger partial charge in [-0.15, -0.1) is 10.2 Å². The Kier molecular flexibility index (Phi) is 5.72. The summed E-state index contributed by atoms with van der Waals surface area (Å²) in [5.41, 5.74) is 5.51. The van der Waals surface area contributed by atoms with Crippen molar-refractivity contribution in [3.63, 3.8) is 0 Å². The fraction of sp³-hybridized carbons (Fsp3) is 0.769. The molecule has 0 unspecified atom stereocenters. The summed E-state index contributed by atoms with van der Waals surface area (Å²) in [7, 11) is 2.15. The van der Waals surface area contributed by atoms with Crippen molar-refractivity contribution in [2.24, 2.45) is 5.92 Å². The second kappa shape index (κ2) is 7.54. The first-order valence-corrected chi connectivity index (χ1v) is 7.98. The molecule has 1 aromatic rings. The van der Waals surface area contributed by atoms with Crippen LogP contribution in [-0.4, -0.2) is 47.7 Å². The molecule has 0 saturated carbocycles. The molecule has 1 aromatic heterocycles. The molecular formula is C13H23N5OS. The maximum atomic E-state index is 11.8. The van der Waals surface area contributed by atoms with E-state index in [0.29, 0.717) is 30.4 Å². The summed E-state index contributed by atoms with van der Waals surface area (Å²) in [4.78, 5) is 14.1. The van der Waals surface area contributed by atoms with Gasteiger partial charge in [0.2, 0.25) is 11.0 Å². The Bertz CT molecular complexity index is 436. The molecular weight excluding hydrogens is 274 g/mol. The lowest BCUT2D eigenvalue weighted by atomic mass is 9.93. The quantitative estimate of drug-likeness (QED) is 0.815. The number of aromatic nitrogens is 2. The number of hydrogen-bond acceptors (Lipinski definition) is 6. The Balaban J connectivity index is 1.58. The van der Waals surface area contributed by atoms with Gasteiger partial charge in [0.25, 0.3) is 0 Å². The molecule has 0 spiro atoms. The molecule has 2 rings (SSSR count). The summed E-state index contributed by atoms with van der Waals surface area (Å²) in [6, 6.07) is 0. The van der Waals surface area contributed by atoms with Crippen molar-refractivity contribution in [1.29, 1.82) is 0 Å². The zero-order chi connectivity index (χ0) is 14.4. The number of amides is 1. The van der Waals surface area contributed by atoms with Crippen LogP contribution in [0.5, 0.6) is 0 Å². The third kappa shape index (κ3) is 5.05. The molecule has 1 amide bonds. The number of carbonyl (C=O) groups excluding carboxylic acids is 1. The Morgan fingerprint density at radius 3 is 3.10 bits per heavy atom. The average molecular weight is 297 g/mol. The lowest BCUT2D eigenvalue weighted by molar-refractivity contribution is -0.121. The first-order valence-electron chi connectivity index (χ1n) is 7.16. The van der Waals surface area contributed by atoms with Crippen LogP contribution in [0.1, 0.15) is 30.7 Å². The van der Waals surface area contributed by atoms with E-state index < -0.39 is 0 Å². The number of rotatable bonds is 6. The van der Waals surface area contributed by atoms with E-state index in [4.69, 9.17) is 5.73 Å². The molecule has 0 bridgehead atoms. The Hall–Kier alpha value is -1.21. The van der Waals surface area contributed by atoms with Gasteiger partial charge >= 0.3 is 0 Å². The highest BCUT2D eigenvalue weighted by atomic mass is 32.1. The van der Waals surface area contributed by atoms with Gasteiger partial charge in [-0.05, 0) is 38.8 Å². The summed E-state index contributed by atoms with van der Waals surface area (Å²) < 4.78 is 0. The zero-order valence-electron chi connectivity index (χ0n) is 12.0. The number of likely N-dealkylation sites (tertiary alicyclic amines) is 1. The molecule has 0 radical (unpaired) electrons. The molecule has 7 heteroatoms. The highest BCUT2D eigenvalue weighted by molar-refractivity contribution is 7.15. The molecule has 2 heterocycles. The topological polar surface area (TPSA) is 84.1 Å². The minimum Gasteiger partial charge on any atom is -0.374 e. The number of piperidine rings is 1. The molecule has 0 aromatic carbocycles. The van der Waals surface area contributed by atoms with Crippen LogP contribution < -0.4 is 11.1 Å². The van der Waals surface area contributed by atoms with Crippen LogP contribution in [0, 0.1) is 5.92 Å². The van der Waals surface area contributed by atoms with Crippen molar-refractivity contribution in [1.82, 2.24) is 20.4 Å². The molecule has 6 nitrogen and oxygen atoms in total. The predicted octanol–water partition coefficient (Wildman–Crippen LogP) is 0.901. The van der Waals surface area contributed by atoms with E-state index in [2.05, 4.69) is 27.5 Å². The van der Waals surface area contributed by atoms with Gasteiger partial charge in [0, 0.05) is 25.9 Å². The van der Waals surface area contributed by atoms with Crippen LogP contribution in [0.25, 0.3) is 0 Å². The normalized spacial score (nSPS) is 19.9. The van der Waals surface area contributed by atoms with E-state index >= 15 is 0 Å². The third-order valence-corrected chi connectivity index (χ3v) is 4.46.